The van der Waals surface area contributed by atoms with Crippen molar-refractivity contribution in [3.63, 3.8) is 0 Å². The van der Waals surface area contributed by atoms with Crippen molar-refractivity contribution in [2.45, 2.75) is 20.5 Å². The maximum absolute atomic E-state index is 5.93. The topological polar surface area (TPSA) is 51.4 Å². The molecule has 0 saturated carbocycles. The molecule has 4 nitrogen and oxygen atoms in total. The van der Waals surface area contributed by atoms with Crippen LogP contribution in [0.25, 0.3) is 0 Å². The van der Waals surface area contributed by atoms with Gasteiger partial charge >= 0.3 is 0 Å². The van der Waals surface area contributed by atoms with Gasteiger partial charge in [-0.25, -0.2) is 4.98 Å². The van der Waals surface area contributed by atoms with Gasteiger partial charge in [0.1, 0.15) is 17.4 Å². The minimum absolute atomic E-state index is 0.459. The summed E-state index contributed by atoms with van der Waals surface area (Å²) in [5.41, 5.74) is 8.71. The molecule has 0 fully saturated rings. The van der Waals surface area contributed by atoms with Gasteiger partial charge in [-0.15, -0.1) is 11.3 Å². The predicted octanol–water partition coefficient (Wildman–Crippen LogP) is 2.99. The maximum Gasteiger partial charge on any atom is 0.144 e. The molecular weight excluding hydrogens is 258 g/mol. The van der Waals surface area contributed by atoms with E-state index in [1.54, 1.807) is 11.3 Å². The lowest BCUT2D eigenvalue weighted by atomic mass is 10.2. The Morgan fingerprint density at radius 1 is 1.32 bits per heavy atom. The Kier molecular flexibility index (Phi) is 3.95. The highest BCUT2D eigenvalue weighted by Crippen LogP contribution is 2.28. The number of nitrogens with zero attached hydrogens (tertiary/aromatic N) is 2. The number of nitrogen functional groups attached to an aromatic ring is 1. The highest BCUT2D eigenvalue weighted by molar-refractivity contribution is 7.11. The quantitative estimate of drug-likeness (QED) is 0.873. The molecule has 0 saturated heterocycles. The zero-order valence-corrected chi connectivity index (χ0v) is 12.5. The molecule has 102 valence electrons. The lowest BCUT2D eigenvalue weighted by Gasteiger charge is -2.15. The highest BCUT2D eigenvalue weighted by atomic mass is 32.1. The number of hydrogen-bond acceptors (Lipinski definition) is 5. The van der Waals surface area contributed by atoms with Crippen molar-refractivity contribution in [3.05, 3.63) is 33.8 Å². The number of aryl methyl sites for hydroxylation is 2. The Morgan fingerprint density at radius 2 is 2.05 bits per heavy atom. The molecule has 2 N–H and O–H groups in total. The third-order valence-corrected chi connectivity index (χ3v) is 3.98. The van der Waals surface area contributed by atoms with Crippen molar-refractivity contribution in [3.8, 4) is 5.75 Å². The number of nitrogens with two attached hydrogens (primary N) is 1. The molecule has 19 heavy (non-hydrogen) atoms. The summed E-state index contributed by atoms with van der Waals surface area (Å²) in [6, 6.07) is 5.78. The second kappa shape index (κ2) is 5.48. The second-order valence-electron chi connectivity index (χ2n) is 4.65. The van der Waals surface area contributed by atoms with Crippen LogP contribution in [-0.2, 0) is 6.61 Å². The van der Waals surface area contributed by atoms with Crippen LogP contribution in [0.1, 0.15) is 15.6 Å². The fourth-order valence-corrected chi connectivity index (χ4v) is 2.51. The molecule has 2 aromatic rings. The average molecular weight is 277 g/mol. The summed E-state index contributed by atoms with van der Waals surface area (Å²) >= 11 is 1.66. The third kappa shape index (κ3) is 3.17. The van der Waals surface area contributed by atoms with Gasteiger partial charge < -0.3 is 15.4 Å². The Morgan fingerprint density at radius 3 is 2.63 bits per heavy atom. The third-order valence-electron chi connectivity index (χ3n) is 2.94. The molecule has 0 aliphatic heterocycles. The summed E-state index contributed by atoms with van der Waals surface area (Å²) in [7, 11) is 3.98. The first-order chi connectivity index (χ1) is 8.97. The number of thiazole rings is 1. The molecule has 1 aromatic carbocycles. The van der Waals surface area contributed by atoms with Crippen LogP contribution in [0.5, 0.6) is 5.75 Å². The summed E-state index contributed by atoms with van der Waals surface area (Å²) in [6.45, 7) is 4.54. The van der Waals surface area contributed by atoms with Gasteiger partial charge in [0.25, 0.3) is 0 Å². The van der Waals surface area contributed by atoms with E-state index in [1.807, 2.05) is 44.1 Å². The van der Waals surface area contributed by atoms with Gasteiger partial charge in [0.05, 0.1) is 11.4 Å². The van der Waals surface area contributed by atoms with Crippen molar-refractivity contribution in [1.82, 2.24) is 4.98 Å². The van der Waals surface area contributed by atoms with Gasteiger partial charge in [-0.05, 0) is 26.0 Å². The molecule has 0 aliphatic rings. The van der Waals surface area contributed by atoms with E-state index in [4.69, 9.17) is 10.5 Å². The van der Waals surface area contributed by atoms with Crippen molar-refractivity contribution in [2.75, 3.05) is 24.7 Å². The van der Waals surface area contributed by atoms with Gasteiger partial charge in [-0.2, -0.15) is 0 Å². The fourth-order valence-electron chi connectivity index (χ4n) is 1.67. The lowest BCUT2D eigenvalue weighted by molar-refractivity contribution is 0.307. The summed E-state index contributed by atoms with van der Waals surface area (Å²) in [4.78, 5) is 7.70. The second-order valence-corrected chi connectivity index (χ2v) is 5.94. The molecule has 0 bridgehead atoms. The molecule has 0 aliphatic carbocycles. The minimum atomic E-state index is 0.459. The van der Waals surface area contributed by atoms with Crippen LogP contribution in [0.15, 0.2) is 18.2 Å². The SMILES string of the molecule is Cc1nc(COc2cc(N(C)C)ccc2N)sc1C. The molecule has 5 heteroatoms. The van der Waals surface area contributed by atoms with Crippen LogP contribution in [-0.4, -0.2) is 19.1 Å². The molecule has 0 atom stereocenters. The van der Waals surface area contributed by atoms with E-state index in [2.05, 4.69) is 11.9 Å². The minimum Gasteiger partial charge on any atom is -0.484 e. The number of aromatic nitrogens is 1. The predicted molar refractivity (Wildman–Crippen MR) is 81.1 cm³/mol. The Labute approximate surface area is 117 Å². The van der Waals surface area contributed by atoms with Gasteiger partial charge in [0, 0.05) is 30.7 Å². The molecule has 0 radical (unpaired) electrons. The average Bonchev–Trinajstić information content (AvgIpc) is 2.67. The first kappa shape index (κ1) is 13.7. The van der Waals surface area contributed by atoms with Crippen molar-refractivity contribution in [2.24, 2.45) is 0 Å². The molecule has 2 rings (SSSR count). The summed E-state index contributed by atoms with van der Waals surface area (Å²) in [5, 5.41) is 0.977. The fraction of sp³-hybridized carbons (Fsp3) is 0.357. The number of hydrogen-bond donors (Lipinski definition) is 1. The Hall–Kier alpha value is -1.75. The molecule has 1 heterocycles. The molecule has 1 aromatic heterocycles. The van der Waals surface area contributed by atoms with E-state index in [0.717, 1.165) is 16.4 Å². The zero-order valence-electron chi connectivity index (χ0n) is 11.7. The lowest BCUT2D eigenvalue weighted by Crippen LogP contribution is -2.09. The number of anilines is 2. The van der Waals surface area contributed by atoms with Crippen LogP contribution in [0.3, 0.4) is 0 Å². The first-order valence-corrected chi connectivity index (χ1v) is 6.91. The maximum atomic E-state index is 5.93. The van der Waals surface area contributed by atoms with E-state index in [-0.39, 0.29) is 0 Å². The molecular formula is C14H19N3OS. The first-order valence-electron chi connectivity index (χ1n) is 6.10. The monoisotopic (exact) mass is 277 g/mol. The van der Waals surface area contributed by atoms with Crippen LogP contribution in [0.4, 0.5) is 11.4 Å². The van der Waals surface area contributed by atoms with Crippen LogP contribution in [0.2, 0.25) is 0 Å². The van der Waals surface area contributed by atoms with E-state index in [9.17, 15) is 0 Å². The van der Waals surface area contributed by atoms with Gasteiger partial charge in [0.2, 0.25) is 0 Å². The van der Waals surface area contributed by atoms with Crippen molar-refractivity contribution >= 4 is 22.7 Å². The van der Waals surface area contributed by atoms with Crippen molar-refractivity contribution < 1.29 is 4.74 Å². The smallest absolute Gasteiger partial charge is 0.144 e. The van der Waals surface area contributed by atoms with Crippen LogP contribution in [0, 0.1) is 13.8 Å². The van der Waals surface area contributed by atoms with Crippen LogP contribution < -0.4 is 15.4 Å². The molecule has 0 spiro atoms. The van der Waals surface area contributed by atoms with E-state index < -0.39 is 0 Å². The highest BCUT2D eigenvalue weighted by Gasteiger charge is 2.07. The van der Waals surface area contributed by atoms with E-state index in [1.165, 1.54) is 4.88 Å². The Bertz CT molecular complexity index is 559. The van der Waals surface area contributed by atoms with Gasteiger partial charge in [-0.1, -0.05) is 0 Å². The molecule has 0 amide bonds. The largest absolute Gasteiger partial charge is 0.484 e. The van der Waals surface area contributed by atoms with E-state index in [0.29, 0.717) is 18.0 Å². The zero-order chi connectivity index (χ0) is 14.0. The van der Waals surface area contributed by atoms with Crippen LogP contribution >= 0.6 is 11.3 Å². The summed E-state index contributed by atoms with van der Waals surface area (Å²) in [6.07, 6.45) is 0. The molecule has 0 unspecified atom stereocenters. The Balaban J connectivity index is 2.12. The summed E-state index contributed by atoms with van der Waals surface area (Å²) in [5.74, 6) is 0.705. The normalized spacial score (nSPS) is 10.5. The number of benzene rings is 1. The van der Waals surface area contributed by atoms with Gasteiger partial charge in [0.15, 0.2) is 0 Å². The van der Waals surface area contributed by atoms with E-state index >= 15 is 0 Å². The van der Waals surface area contributed by atoms with Gasteiger partial charge in [-0.3, -0.25) is 0 Å². The number of rotatable bonds is 4. The van der Waals surface area contributed by atoms with Crippen molar-refractivity contribution in [1.29, 1.82) is 0 Å². The summed E-state index contributed by atoms with van der Waals surface area (Å²) < 4.78 is 5.78. The standard InChI is InChI=1S/C14H19N3OS/c1-9-10(2)19-14(16-9)8-18-13-7-11(17(3)4)5-6-12(13)15/h5-7H,8,15H2,1-4H3. The number of ether oxygens (including phenoxy) is 1.